The number of ether oxygens (including phenoxy) is 3. The summed E-state index contributed by atoms with van der Waals surface area (Å²) >= 11 is 3.29. The van der Waals surface area contributed by atoms with E-state index < -0.39 is 21.8 Å². The van der Waals surface area contributed by atoms with Crippen LogP contribution in [0, 0.1) is 0 Å². The van der Waals surface area contributed by atoms with Gasteiger partial charge in [-0.05, 0) is 61.5 Å². The molecular formula is C24H24BrN3O7S. The molecule has 0 bridgehead atoms. The maximum Gasteiger partial charge on any atom is 0.276 e. The summed E-state index contributed by atoms with van der Waals surface area (Å²) in [6.07, 6.45) is 0. The van der Waals surface area contributed by atoms with Crippen LogP contribution in [0.1, 0.15) is 17.3 Å². The number of nitrogens with one attached hydrogen (secondary N) is 3. The fourth-order valence-corrected chi connectivity index (χ4v) is 4.50. The van der Waals surface area contributed by atoms with Crippen LogP contribution in [-0.4, -0.2) is 40.6 Å². The molecule has 3 aromatic rings. The van der Waals surface area contributed by atoms with E-state index in [1.165, 1.54) is 19.2 Å². The normalized spacial score (nSPS) is 10.8. The lowest BCUT2D eigenvalue weighted by molar-refractivity contribution is -0.123. The van der Waals surface area contributed by atoms with Crippen LogP contribution in [0.25, 0.3) is 0 Å². The zero-order chi connectivity index (χ0) is 26.1. The van der Waals surface area contributed by atoms with Crippen molar-refractivity contribution in [2.45, 2.75) is 11.8 Å². The lowest BCUT2D eigenvalue weighted by atomic mass is 10.2. The third-order valence-corrected chi connectivity index (χ3v) is 6.57. The highest BCUT2D eigenvalue weighted by atomic mass is 79.9. The van der Waals surface area contributed by atoms with Crippen molar-refractivity contribution in [2.75, 3.05) is 25.0 Å². The summed E-state index contributed by atoms with van der Waals surface area (Å²) < 4.78 is 45.2. The number of sulfonamides is 1. The van der Waals surface area contributed by atoms with Gasteiger partial charge in [0.1, 0.15) is 10.6 Å². The van der Waals surface area contributed by atoms with Gasteiger partial charge in [-0.25, -0.2) is 8.42 Å². The summed E-state index contributed by atoms with van der Waals surface area (Å²) in [6, 6.07) is 17.3. The zero-order valence-electron chi connectivity index (χ0n) is 19.4. The van der Waals surface area contributed by atoms with Gasteiger partial charge < -0.3 is 14.2 Å². The molecule has 0 spiro atoms. The molecule has 12 heteroatoms. The van der Waals surface area contributed by atoms with E-state index in [0.717, 1.165) is 10.5 Å². The van der Waals surface area contributed by atoms with Crippen molar-refractivity contribution in [1.29, 1.82) is 0 Å². The van der Waals surface area contributed by atoms with Crippen molar-refractivity contribution >= 4 is 43.5 Å². The lowest BCUT2D eigenvalue weighted by Gasteiger charge is -2.14. The number of para-hydroxylation sites is 2. The van der Waals surface area contributed by atoms with E-state index in [1.807, 2.05) is 6.92 Å². The van der Waals surface area contributed by atoms with E-state index >= 15 is 0 Å². The number of benzene rings is 3. The molecular weight excluding hydrogens is 554 g/mol. The number of carbonyl (C=O) groups excluding carboxylic acids is 2. The van der Waals surface area contributed by atoms with Crippen molar-refractivity contribution in [3.8, 4) is 17.2 Å². The number of hydrazine groups is 1. The molecule has 3 aromatic carbocycles. The summed E-state index contributed by atoms with van der Waals surface area (Å²) in [5, 5.41) is 0. The lowest BCUT2D eigenvalue weighted by Crippen LogP contribution is -2.43. The molecule has 10 nitrogen and oxygen atoms in total. The monoisotopic (exact) mass is 577 g/mol. The SMILES string of the molecule is CCOc1ccccc1OCC(=O)NNC(=O)c1ccc(OC)c(S(=O)(=O)Nc2ccc(Br)cc2)c1. The molecule has 3 N–H and O–H groups in total. The number of hydrogen-bond acceptors (Lipinski definition) is 7. The van der Waals surface area contributed by atoms with Crippen molar-refractivity contribution in [2.24, 2.45) is 0 Å². The van der Waals surface area contributed by atoms with Gasteiger partial charge in [-0.15, -0.1) is 0 Å². The Labute approximate surface area is 217 Å². The highest BCUT2D eigenvalue weighted by molar-refractivity contribution is 9.10. The topological polar surface area (TPSA) is 132 Å². The number of rotatable bonds is 10. The minimum atomic E-state index is -4.09. The second kappa shape index (κ2) is 12.3. The van der Waals surface area contributed by atoms with Crippen molar-refractivity contribution in [1.82, 2.24) is 10.9 Å². The number of anilines is 1. The number of hydrogen-bond donors (Lipinski definition) is 3. The predicted molar refractivity (Wildman–Crippen MR) is 137 cm³/mol. The molecule has 190 valence electrons. The summed E-state index contributed by atoms with van der Waals surface area (Å²) in [6.45, 7) is 1.87. The fraction of sp³-hybridized carbons (Fsp3) is 0.167. The average molecular weight is 578 g/mol. The summed E-state index contributed by atoms with van der Waals surface area (Å²) in [5.41, 5.74) is 4.77. The van der Waals surface area contributed by atoms with Gasteiger partial charge in [0, 0.05) is 15.7 Å². The van der Waals surface area contributed by atoms with E-state index in [1.54, 1.807) is 48.5 Å². The number of carbonyl (C=O) groups is 2. The van der Waals surface area contributed by atoms with Crippen LogP contribution in [0.15, 0.2) is 76.1 Å². The molecule has 0 radical (unpaired) electrons. The van der Waals surface area contributed by atoms with Crippen LogP contribution in [0.3, 0.4) is 0 Å². The molecule has 36 heavy (non-hydrogen) atoms. The number of methoxy groups -OCH3 is 1. The van der Waals surface area contributed by atoms with Crippen LogP contribution >= 0.6 is 15.9 Å². The van der Waals surface area contributed by atoms with Crippen LogP contribution in [0.4, 0.5) is 5.69 Å². The quantitative estimate of drug-likeness (QED) is 0.314. The van der Waals surface area contributed by atoms with Gasteiger partial charge in [-0.1, -0.05) is 28.1 Å². The second-order valence-corrected chi connectivity index (χ2v) is 9.72. The predicted octanol–water partition coefficient (Wildman–Crippen LogP) is 3.50. The Bertz CT molecular complexity index is 1330. The molecule has 0 aliphatic rings. The number of halogens is 1. The molecule has 0 saturated heterocycles. The molecule has 0 fully saturated rings. The molecule has 2 amide bonds. The average Bonchev–Trinajstić information content (AvgIpc) is 2.87. The molecule has 0 aliphatic heterocycles. The minimum Gasteiger partial charge on any atom is -0.495 e. The molecule has 0 aliphatic carbocycles. The van der Waals surface area contributed by atoms with Gasteiger partial charge in [0.05, 0.1) is 13.7 Å². The zero-order valence-corrected chi connectivity index (χ0v) is 21.8. The van der Waals surface area contributed by atoms with Crippen LogP contribution in [-0.2, 0) is 14.8 Å². The molecule has 0 unspecified atom stereocenters. The van der Waals surface area contributed by atoms with Gasteiger partial charge in [0.15, 0.2) is 18.1 Å². The van der Waals surface area contributed by atoms with Gasteiger partial charge in [-0.3, -0.25) is 25.2 Å². The molecule has 0 saturated carbocycles. The fourth-order valence-electron chi connectivity index (χ4n) is 2.98. The van der Waals surface area contributed by atoms with Crippen LogP contribution in [0.2, 0.25) is 0 Å². The molecule has 0 heterocycles. The molecule has 0 atom stereocenters. The van der Waals surface area contributed by atoms with Gasteiger partial charge >= 0.3 is 0 Å². The molecule has 3 rings (SSSR count). The van der Waals surface area contributed by atoms with Gasteiger partial charge in [0.25, 0.3) is 21.8 Å². The van der Waals surface area contributed by atoms with Crippen molar-refractivity contribution in [3.63, 3.8) is 0 Å². The van der Waals surface area contributed by atoms with Gasteiger partial charge in [0.2, 0.25) is 0 Å². The number of amides is 2. The first-order chi connectivity index (χ1) is 17.2. The van der Waals surface area contributed by atoms with Crippen molar-refractivity contribution < 1.29 is 32.2 Å². The summed E-state index contributed by atoms with van der Waals surface area (Å²) in [4.78, 5) is 24.5. The Morgan fingerprint density at radius 3 is 2.19 bits per heavy atom. The Balaban J connectivity index is 1.66. The standard InChI is InChI=1S/C24H24BrN3O7S/c1-3-34-19-6-4-5-7-20(19)35-15-23(29)26-27-24(30)16-8-13-21(33-2)22(14-16)36(31,32)28-18-11-9-17(25)10-12-18/h4-14,28H,3,15H2,1-2H3,(H,26,29)(H,27,30). The third kappa shape index (κ3) is 7.12. The van der Waals surface area contributed by atoms with Crippen molar-refractivity contribution in [3.05, 3.63) is 76.8 Å². The van der Waals surface area contributed by atoms with E-state index in [-0.39, 0.29) is 22.8 Å². The Morgan fingerprint density at radius 2 is 1.56 bits per heavy atom. The molecule has 0 aromatic heterocycles. The summed E-state index contributed by atoms with van der Waals surface area (Å²) in [7, 11) is -2.78. The first-order valence-electron chi connectivity index (χ1n) is 10.6. The largest absolute Gasteiger partial charge is 0.495 e. The Hall–Kier alpha value is -3.77. The summed E-state index contributed by atoms with van der Waals surface area (Å²) in [5.74, 6) is -0.458. The second-order valence-electron chi connectivity index (χ2n) is 7.15. The van der Waals surface area contributed by atoms with E-state index in [0.29, 0.717) is 23.8 Å². The van der Waals surface area contributed by atoms with Crippen LogP contribution < -0.4 is 29.8 Å². The van der Waals surface area contributed by atoms with Gasteiger partial charge in [-0.2, -0.15) is 0 Å². The van der Waals surface area contributed by atoms with E-state index in [2.05, 4.69) is 31.5 Å². The maximum atomic E-state index is 13.0. The van der Waals surface area contributed by atoms with E-state index in [4.69, 9.17) is 14.2 Å². The minimum absolute atomic E-state index is 0.0186. The highest BCUT2D eigenvalue weighted by Crippen LogP contribution is 2.28. The third-order valence-electron chi connectivity index (χ3n) is 4.63. The van der Waals surface area contributed by atoms with E-state index in [9.17, 15) is 18.0 Å². The highest BCUT2D eigenvalue weighted by Gasteiger charge is 2.22. The first-order valence-corrected chi connectivity index (χ1v) is 12.9. The first kappa shape index (κ1) is 26.8. The van der Waals surface area contributed by atoms with Crippen LogP contribution in [0.5, 0.6) is 17.2 Å². The Morgan fingerprint density at radius 1 is 0.889 bits per heavy atom. The smallest absolute Gasteiger partial charge is 0.276 e. The Kier molecular flexibility index (Phi) is 9.14. The maximum absolute atomic E-state index is 13.0.